The first-order valence-electron chi connectivity index (χ1n) is 10.1. The fourth-order valence-corrected chi connectivity index (χ4v) is 3.55. The molecule has 0 fully saturated rings. The summed E-state index contributed by atoms with van der Waals surface area (Å²) in [5, 5.41) is 24.8. The molecule has 0 saturated heterocycles. The highest BCUT2D eigenvalue weighted by Crippen LogP contribution is 2.36. The highest BCUT2D eigenvalue weighted by molar-refractivity contribution is 6.06. The molecule has 11 heteroatoms. The van der Waals surface area contributed by atoms with Gasteiger partial charge in [-0.25, -0.2) is 0 Å². The summed E-state index contributed by atoms with van der Waals surface area (Å²) >= 11 is 0. The normalized spacial score (nSPS) is 12.5. The first-order valence-corrected chi connectivity index (χ1v) is 10.1. The number of fused-ring (bicyclic) bond motifs is 1. The second-order valence-electron chi connectivity index (χ2n) is 7.58. The number of carbonyl (C=O) groups excluding carboxylic acids is 2. The van der Waals surface area contributed by atoms with Gasteiger partial charge in [-0.15, -0.1) is 0 Å². The van der Waals surface area contributed by atoms with E-state index in [1.165, 1.54) is 0 Å². The van der Waals surface area contributed by atoms with Crippen molar-refractivity contribution in [3.05, 3.63) is 97.6 Å². The van der Waals surface area contributed by atoms with E-state index in [1.807, 2.05) is 31.2 Å². The molecule has 1 aliphatic heterocycles. The average molecular weight is 462 g/mol. The Balaban J connectivity index is 1.64. The van der Waals surface area contributed by atoms with Crippen molar-refractivity contribution >= 4 is 34.6 Å². The number of nitrogens with one attached hydrogen (secondary N) is 1. The van der Waals surface area contributed by atoms with Gasteiger partial charge in [0.1, 0.15) is 5.75 Å². The van der Waals surface area contributed by atoms with Crippen molar-refractivity contribution < 1.29 is 24.2 Å². The van der Waals surface area contributed by atoms with Crippen LogP contribution in [0.3, 0.4) is 0 Å². The molecule has 0 radical (unpaired) electrons. The van der Waals surface area contributed by atoms with Gasteiger partial charge in [-0.2, -0.15) is 0 Å². The molecule has 3 aromatic rings. The minimum atomic E-state index is -0.810. The van der Waals surface area contributed by atoms with E-state index in [9.17, 15) is 29.8 Å². The zero-order chi connectivity index (χ0) is 24.4. The van der Waals surface area contributed by atoms with Crippen molar-refractivity contribution in [2.45, 2.75) is 13.5 Å². The van der Waals surface area contributed by atoms with Crippen LogP contribution >= 0.6 is 0 Å². The second-order valence-corrected chi connectivity index (χ2v) is 7.58. The third-order valence-electron chi connectivity index (χ3n) is 5.34. The van der Waals surface area contributed by atoms with Gasteiger partial charge in [0, 0.05) is 17.8 Å². The molecule has 0 aromatic heterocycles. The minimum Gasteiger partial charge on any atom is -0.482 e. The van der Waals surface area contributed by atoms with Crippen molar-refractivity contribution in [2.24, 2.45) is 0 Å². The molecular formula is C23H18N4O7. The van der Waals surface area contributed by atoms with Gasteiger partial charge in [-0.05, 0) is 36.2 Å². The van der Waals surface area contributed by atoms with Crippen molar-refractivity contribution in [1.29, 1.82) is 0 Å². The molecule has 1 heterocycles. The standard InChI is InChI=1S/C23H18N4O7/c1-14-4-2-3-5-15(14)12-25-20-10-17(6-7-21(20)34-13-22(25)28)24-23(29)16-8-18(26(30)31)11-19(9-16)27(32)33/h2-11H,12-13H2,1H3,(H,24,29). The van der Waals surface area contributed by atoms with Crippen LogP contribution in [0.4, 0.5) is 22.7 Å². The molecule has 0 saturated carbocycles. The van der Waals surface area contributed by atoms with Gasteiger partial charge in [0.2, 0.25) is 0 Å². The number of hydrogen-bond acceptors (Lipinski definition) is 7. The maximum atomic E-state index is 12.7. The minimum absolute atomic E-state index is 0.123. The Morgan fingerprint density at radius 2 is 1.71 bits per heavy atom. The van der Waals surface area contributed by atoms with Crippen LogP contribution in [0.1, 0.15) is 21.5 Å². The lowest BCUT2D eigenvalue weighted by Gasteiger charge is -2.30. The second kappa shape index (κ2) is 8.98. The highest BCUT2D eigenvalue weighted by atomic mass is 16.6. The largest absolute Gasteiger partial charge is 0.482 e. The molecule has 0 aliphatic carbocycles. The number of anilines is 2. The Hall–Kier alpha value is -4.80. The molecule has 0 spiro atoms. The monoisotopic (exact) mass is 462 g/mol. The Morgan fingerprint density at radius 1 is 1.03 bits per heavy atom. The summed E-state index contributed by atoms with van der Waals surface area (Å²) in [6.07, 6.45) is 0. The topological polar surface area (TPSA) is 145 Å². The van der Waals surface area contributed by atoms with Gasteiger partial charge in [-0.3, -0.25) is 29.8 Å². The van der Waals surface area contributed by atoms with E-state index in [-0.39, 0.29) is 23.8 Å². The molecule has 3 aromatic carbocycles. The lowest BCUT2D eigenvalue weighted by Crippen LogP contribution is -2.38. The quantitative estimate of drug-likeness (QED) is 0.431. The third-order valence-corrected chi connectivity index (χ3v) is 5.34. The zero-order valence-corrected chi connectivity index (χ0v) is 17.9. The number of rotatable bonds is 6. The lowest BCUT2D eigenvalue weighted by atomic mass is 10.1. The van der Waals surface area contributed by atoms with E-state index in [0.717, 1.165) is 29.3 Å². The van der Waals surface area contributed by atoms with Crippen LogP contribution in [0.15, 0.2) is 60.7 Å². The average Bonchev–Trinajstić information content (AvgIpc) is 2.81. The molecule has 172 valence electrons. The number of amides is 2. The van der Waals surface area contributed by atoms with Crippen LogP contribution in [0.5, 0.6) is 5.75 Å². The molecule has 34 heavy (non-hydrogen) atoms. The molecule has 0 unspecified atom stereocenters. The fraction of sp³-hybridized carbons (Fsp3) is 0.130. The maximum absolute atomic E-state index is 12.7. The van der Waals surface area contributed by atoms with Gasteiger partial charge in [0.25, 0.3) is 23.2 Å². The molecule has 11 nitrogen and oxygen atoms in total. The number of nitrogens with zero attached hydrogens (tertiary/aromatic N) is 3. The number of non-ortho nitro benzene ring substituents is 2. The number of benzene rings is 3. The van der Waals surface area contributed by atoms with Crippen LogP contribution in [-0.2, 0) is 11.3 Å². The smallest absolute Gasteiger partial charge is 0.277 e. The van der Waals surface area contributed by atoms with Gasteiger partial charge < -0.3 is 15.0 Å². The molecule has 1 aliphatic rings. The summed E-state index contributed by atoms with van der Waals surface area (Å²) in [4.78, 5) is 47.5. The van der Waals surface area contributed by atoms with Gasteiger partial charge >= 0.3 is 0 Å². The summed E-state index contributed by atoms with van der Waals surface area (Å²) in [5.41, 5.74) is 1.29. The van der Waals surface area contributed by atoms with E-state index < -0.39 is 27.1 Å². The summed E-state index contributed by atoms with van der Waals surface area (Å²) in [7, 11) is 0. The van der Waals surface area contributed by atoms with Crippen LogP contribution in [0.25, 0.3) is 0 Å². The third kappa shape index (κ3) is 4.53. The Labute approximate surface area is 192 Å². The van der Waals surface area contributed by atoms with Crippen LogP contribution in [0, 0.1) is 27.2 Å². The molecule has 1 N–H and O–H groups in total. The van der Waals surface area contributed by atoms with E-state index in [0.29, 0.717) is 18.0 Å². The maximum Gasteiger partial charge on any atom is 0.277 e. The predicted molar refractivity (Wildman–Crippen MR) is 122 cm³/mol. The van der Waals surface area contributed by atoms with Crippen LogP contribution < -0.4 is 15.0 Å². The summed E-state index contributed by atoms with van der Waals surface area (Å²) in [6, 6.07) is 15.0. The van der Waals surface area contributed by atoms with E-state index in [2.05, 4.69) is 5.32 Å². The summed E-state index contributed by atoms with van der Waals surface area (Å²) in [5.74, 6) is -0.578. The number of carbonyl (C=O) groups is 2. The van der Waals surface area contributed by atoms with E-state index in [4.69, 9.17) is 4.74 Å². The predicted octanol–water partition coefficient (Wildman–Crippen LogP) is 3.99. The number of hydrogen-bond donors (Lipinski definition) is 1. The van der Waals surface area contributed by atoms with Gasteiger partial charge in [0.15, 0.2) is 6.61 Å². The molecule has 0 atom stereocenters. The van der Waals surface area contributed by atoms with Crippen molar-refractivity contribution in [1.82, 2.24) is 0 Å². The first-order chi connectivity index (χ1) is 16.2. The Bertz CT molecular complexity index is 1310. The SMILES string of the molecule is Cc1ccccc1CN1C(=O)COc2ccc(NC(=O)c3cc([N+](=O)[O-])cc([N+](=O)[O-])c3)cc21. The van der Waals surface area contributed by atoms with Gasteiger partial charge in [-0.1, -0.05) is 24.3 Å². The lowest BCUT2D eigenvalue weighted by molar-refractivity contribution is -0.394. The first kappa shape index (κ1) is 22.4. The van der Waals surface area contributed by atoms with Crippen LogP contribution in [-0.4, -0.2) is 28.3 Å². The zero-order valence-electron chi connectivity index (χ0n) is 17.9. The number of aryl methyl sites for hydroxylation is 1. The number of nitro groups is 2. The Morgan fingerprint density at radius 3 is 2.35 bits per heavy atom. The van der Waals surface area contributed by atoms with Crippen molar-refractivity contribution in [3.63, 3.8) is 0 Å². The number of nitro benzene ring substituents is 2. The molecule has 4 rings (SSSR count). The Kier molecular flexibility index (Phi) is 5.92. The van der Waals surface area contributed by atoms with Crippen molar-refractivity contribution in [3.8, 4) is 5.75 Å². The highest BCUT2D eigenvalue weighted by Gasteiger charge is 2.27. The van der Waals surface area contributed by atoms with Crippen LogP contribution in [0.2, 0.25) is 0 Å². The van der Waals surface area contributed by atoms with Crippen molar-refractivity contribution in [2.75, 3.05) is 16.8 Å². The molecule has 0 bridgehead atoms. The van der Waals surface area contributed by atoms with E-state index >= 15 is 0 Å². The fourth-order valence-electron chi connectivity index (χ4n) is 3.55. The number of ether oxygens (including phenoxy) is 1. The van der Waals surface area contributed by atoms with Gasteiger partial charge in [0.05, 0.1) is 33.7 Å². The summed E-state index contributed by atoms with van der Waals surface area (Å²) < 4.78 is 5.51. The summed E-state index contributed by atoms with van der Waals surface area (Å²) in [6.45, 7) is 2.12. The molecular weight excluding hydrogens is 444 g/mol. The molecule has 2 amide bonds. The van der Waals surface area contributed by atoms with E-state index in [1.54, 1.807) is 23.1 Å².